The van der Waals surface area contributed by atoms with Crippen molar-refractivity contribution in [3.8, 4) is 0 Å². The standard InChI is InChI=1S/C27H31N5O5/c1-35-16-23(33)31-24-21-13-19(30-18-8-11-37-12-9-18)15-29-26(21)32(25(24)27(34)36-2)10-7-17-14-28-22-6-4-3-5-20(17)22/h3-6,13-15,18,28,30H,7-12,16H2,1-2H3,(H,31,33). The Bertz CT molecular complexity index is 1420. The Morgan fingerprint density at radius 2 is 2.00 bits per heavy atom. The lowest BCUT2D eigenvalue weighted by Crippen LogP contribution is -2.27. The van der Waals surface area contributed by atoms with E-state index in [1.165, 1.54) is 14.2 Å². The molecule has 5 rings (SSSR count). The number of ether oxygens (including phenoxy) is 3. The largest absolute Gasteiger partial charge is 0.464 e. The third-order valence-electron chi connectivity index (χ3n) is 6.69. The van der Waals surface area contributed by atoms with Gasteiger partial charge in [-0.3, -0.25) is 4.79 Å². The van der Waals surface area contributed by atoms with E-state index in [2.05, 4.69) is 21.7 Å². The van der Waals surface area contributed by atoms with E-state index in [4.69, 9.17) is 19.2 Å². The van der Waals surface area contributed by atoms with Crippen LogP contribution in [0.3, 0.4) is 0 Å². The van der Waals surface area contributed by atoms with Crippen LogP contribution in [0.4, 0.5) is 11.4 Å². The molecule has 0 spiro atoms. The van der Waals surface area contributed by atoms with Crippen LogP contribution in [0.1, 0.15) is 28.9 Å². The highest BCUT2D eigenvalue weighted by atomic mass is 16.5. The number of rotatable bonds is 9. The van der Waals surface area contributed by atoms with Gasteiger partial charge in [-0.05, 0) is 37.0 Å². The van der Waals surface area contributed by atoms with Gasteiger partial charge in [0.15, 0.2) is 5.69 Å². The molecule has 0 bridgehead atoms. The smallest absolute Gasteiger partial charge is 0.356 e. The number of carbonyl (C=O) groups excluding carboxylic acids is 2. The van der Waals surface area contributed by atoms with Gasteiger partial charge < -0.3 is 34.4 Å². The fourth-order valence-corrected chi connectivity index (χ4v) is 4.91. The number of amides is 1. The highest BCUT2D eigenvalue weighted by Crippen LogP contribution is 2.33. The average molecular weight is 506 g/mol. The predicted octanol–water partition coefficient (Wildman–Crippen LogP) is 3.72. The summed E-state index contributed by atoms with van der Waals surface area (Å²) in [7, 11) is 2.78. The van der Waals surface area contributed by atoms with Crippen LogP contribution in [-0.4, -0.2) is 66.5 Å². The number of hydrogen-bond acceptors (Lipinski definition) is 7. The number of aryl methyl sites for hydroxylation is 2. The first-order valence-corrected chi connectivity index (χ1v) is 12.4. The molecule has 4 heterocycles. The zero-order valence-electron chi connectivity index (χ0n) is 21.0. The third kappa shape index (κ3) is 5.16. The lowest BCUT2D eigenvalue weighted by molar-refractivity contribution is -0.119. The molecule has 10 nitrogen and oxygen atoms in total. The van der Waals surface area contributed by atoms with Crippen LogP contribution >= 0.6 is 0 Å². The van der Waals surface area contributed by atoms with E-state index < -0.39 is 5.97 Å². The van der Waals surface area contributed by atoms with Gasteiger partial charge in [0.05, 0.1) is 24.7 Å². The van der Waals surface area contributed by atoms with Crippen LogP contribution in [0.5, 0.6) is 0 Å². The number of fused-ring (bicyclic) bond motifs is 2. The number of benzene rings is 1. The second-order valence-electron chi connectivity index (χ2n) is 9.08. The first-order valence-electron chi connectivity index (χ1n) is 12.4. The molecule has 0 saturated carbocycles. The second kappa shape index (κ2) is 11.0. The van der Waals surface area contributed by atoms with Gasteiger partial charge in [0.1, 0.15) is 12.3 Å². The van der Waals surface area contributed by atoms with Crippen LogP contribution in [0.25, 0.3) is 21.9 Å². The molecule has 0 atom stereocenters. The number of carbonyl (C=O) groups is 2. The summed E-state index contributed by atoms with van der Waals surface area (Å²) in [5.41, 5.74) is 4.19. The number of aromatic amines is 1. The van der Waals surface area contributed by atoms with E-state index in [1.807, 2.05) is 35.0 Å². The molecule has 4 aromatic rings. The van der Waals surface area contributed by atoms with E-state index in [0.29, 0.717) is 42.9 Å². The van der Waals surface area contributed by atoms with Crippen molar-refractivity contribution in [2.45, 2.75) is 31.8 Å². The van der Waals surface area contributed by atoms with Crippen LogP contribution in [0.15, 0.2) is 42.7 Å². The maximum atomic E-state index is 13.1. The Morgan fingerprint density at radius 3 is 2.78 bits per heavy atom. The van der Waals surface area contributed by atoms with Gasteiger partial charge in [-0.1, -0.05) is 18.2 Å². The normalized spacial score (nSPS) is 14.2. The molecule has 1 aliphatic heterocycles. The average Bonchev–Trinajstić information content (AvgIpc) is 3.46. The van der Waals surface area contributed by atoms with Crippen molar-refractivity contribution in [2.75, 3.05) is 44.7 Å². The van der Waals surface area contributed by atoms with Gasteiger partial charge in [0.2, 0.25) is 5.91 Å². The Kier molecular flexibility index (Phi) is 7.38. The second-order valence-corrected chi connectivity index (χ2v) is 9.08. The molecule has 1 saturated heterocycles. The van der Waals surface area contributed by atoms with Crippen molar-refractivity contribution < 1.29 is 23.8 Å². The van der Waals surface area contributed by atoms with E-state index in [0.717, 1.165) is 35.0 Å². The summed E-state index contributed by atoms with van der Waals surface area (Å²) < 4.78 is 17.4. The van der Waals surface area contributed by atoms with Crippen LogP contribution in [-0.2, 0) is 32.0 Å². The lowest BCUT2D eigenvalue weighted by Gasteiger charge is -2.24. The van der Waals surface area contributed by atoms with Crippen molar-refractivity contribution in [2.24, 2.45) is 0 Å². The van der Waals surface area contributed by atoms with E-state index in [9.17, 15) is 9.59 Å². The maximum absolute atomic E-state index is 13.1. The van der Waals surface area contributed by atoms with Gasteiger partial charge in [-0.15, -0.1) is 0 Å². The summed E-state index contributed by atoms with van der Waals surface area (Å²) >= 11 is 0. The topological polar surface area (TPSA) is 120 Å². The fraction of sp³-hybridized carbons (Fsp3) is 0.370. The van der Waals surface area contributed by atoms with Crippen molar-refractivity contribution in [3.63, 3.8) is 0 Å². The zero-order chi connectivity index (χ0) is 25.8. The van der Waals surface area contributed by atoms with Crippen molar-refractivity contribution >= 4 is 45.2 Å². The minimum Gasteiger partial charge on any atom is -0.464 e. The first-order chi connectivity index (χ1) is 18.1. The Hall–Kier alpha value is -3.89. The van der Waals surface area contributed by atoms with Gasteiger partial charge >= 0.3 is 5.97 Å². The van der Waals surface area contributed by atoms with E-state index in [-0.39, 0.29) is 24.2 Å². The van der Waals surface area contributed by atoms with Crippen LogP contribution in [0, 0.1) is 0 Å². The number of nitrogens with one attached hydrogen (secondary N) is 3. The molecule has 3 aromatic heterocycles. The zero-order valence-corrected chi connectivity index (χ0v) is 21.0. The Labute approximate surface area is 214 Å². The molecule has 1 fully saturated rings. The molecule has 1 aliphatic rings. The molecule has 37 heavy (non-hydrogen) atoms. The predicted molar refractivity (Wildman–Crippen MR) is 141 cm³/mol. The molecule has 0 unspecified atom stereocenters. The minimum atomic E-state index is -0.552. The SMILES string of the molecule is COCC(=O)Nc1c(C(=O)OC)n(CCc2c[nH]c3ccccc23)c2ncc(NC3CCOCC3)cc12. The third-order valence-corrected chi connectivity index (χ3v) is 6.69. The molecule has 0 aliphatic carbocycles. The Morgan fingerprint density at radius 1 is 1.19 bits per heavy atom. The summed E-state index contributed by atoms with van der Waals surface area (Å²) in [5.74, 6) is -0.922. The minimum absolute atomic E-state index is 0.143. The van der Waals surface area contributed by atoms with E-state index >= 15 is 0 Å². The number of anilines is 2. The summed E-state index contributed by atoms with van der Waals surface area (Å²) in [6.45, 7) is 1.74. The monoisotopic (exact) mass is 505 g/mol. The van der Waals surface area contributed by atoms with Gasteiger partial charge in [-0.2, -0.15) is 0 Å². The highest BCUT2D eigenvalue weighted by Gasteiger charge is 2.26. The number of aromatic nitrogens is 3. The molecule has 194 valence electrons. The number of H-pyrrole nitrogens is 1. The molecule has 0 radical (unpaired) electrons. The van der Waals surface area contributed by atoms with Gasteiger partial charge in [0, 0.05) is 55.4 Å². The number of para-hydroxylation sites is 1. The lowest BCUT2D eigenvalue weighted by atomic mass is 10.1. The van der Waals surface area contributed by atoms with Crippen LogP contribution in [0.2, 0.25) is 0 Å². The molecular formula is C27H31N5O5. The Balaban J connectivity index is 1.56. The number of methoxy groups -OCH3 is 2. The summed E-state index contributed by atoms with van der Waals surface area (Å²) in [6, 6.07) is 10.3. The summed E-state index contributed by atoms with van der Waals surface area (Å²) in [4.78, 5) is 33.6. The molecule has 3 N–H and O–H groups in total. The summed E-state index contributed by atoms with van der Waals surface area (Å²) in [6.07, 6.45) is 6.19. The molecule has 10 heteroatoms. The highest BCUT2D eigenvalue weighted by molar-refractivity contribution is 6.11. The molecule has 1 aromatic carbocycles. The quantitative estimate of drug-likeness (QED) is 0.297. The van der Waals surface area contributed by atoms with Gasteiger partial charge in [0.25, 0.3) is 0 Å². The molecular weight excluding hydrogens is 474 g/mol. The number of esters is 1. The van der Waals surface area contributed by atoms with Crippen molar-refractivity contribution in [3.05, 3.63) is 54.0 Å². The fourth-order valence-electron chi connectivity index (χ4n) is 4.91. The maximum Gasteiger partial charge on any atom is 0.356 e. The van der Waals surface area contributed by atoms with Crippen molar-refractivity contribution in [1.29, 1.82) is 0 Å². The van der Waals surface area contributed by atoms with Crippen molar-refractivity contribution in [1.82, 2.24) is 14.5 Å². The first kappa shape index (κ1) is 24.8. The molecule has 1 amide bonds. The number of pyridine rings is 1. The van der Waals surface area contributed by atoms with Gasteiger partial charge in [-0.25, -0.2) is 9.78 Å². The number of nitrogens with zero attached hydrogens (tertiary/aromatic N) is 2. The summed E-state index contributed by atoms with van der Waals surface area (Å²) in [5, 5.41) is 8.16. The van der Waals surface area contributed by atoms with E-state index in [1.54, 1.807) is 6.20 Å². The number of hydrogen-bond donors (Lipinski definition) is 3. The van der Waals surface area contributed by atoms with Crippen LogP contribution < -0.4 is 10.6 Å².